The second-order valence-corrected chi connectivity index (χ2v) is 3.97. The third kappa shape index (κ3) is 2.55. The molecule has 72 valence electrons. The minimum absolute atomic E-state index is 0.184. The largest absolute Gasteiger partial charge is 0.371 e. The van der Waals surface area contributed by atoms with Gasteiger partial charge in [0, 0.05) is 10.7 Å². The summed E-state index contributed by atoms with van der Waals surface area (Å²) in [7, 11) is 0. The Kier molecular flexibility index (Phi) is 3.95. The molecule has 1 aromatic heterocycles. The fraction of sp³-hybridized carbons (Fsp3) is 0.286. The zero-order valence-electron chi connectivity index (χ0n) is 6.58. The summed E-state index contributed by atoms with van der Waals surface area (Å²) in [5.41, 5.74) is 0. The predicted octanol–water partition coefficient (Wildman–Crippen LogP) is 1.25. The minimum Gasteiger partial charge on any atom is -0.371 e. The molecule has 1 rings (SSSR count). The molecule has 2 N–H and O–H groups in total. The van der Waals surface area contributed by atoms with Gasteiger partial charge in [-0.1, -0.05) is 0 Å². The first-order chi connectivity index (χ1) is 6.16. The molecule has 0 aliphatic rings. The van der Waals surface area contributed by atoms with Crippen LogP contribution >= 0.6 is 31.9 Å². The fourth-order valence-corrected chi connectivity index (χ4v) is 1.70. The van der Waals surface area contributed by atoms with Crippen LogP contribution in [0.15, 0.2) is 21.3 Å². The van der Waals surface area contributed by atoms with Gasteiger partial charge in [-0.3, -0.25) is 4.79 Å². The van der Waals surface area contributed by atoms with E-state index in [1.165, 1.54) is 0 Å². The van der Waals surface area contributed by atoms with Crippen LogP contribution in [-0.2, 0) is 4.79 Å². The number of halogens is 2. The number of aliphatic hydroxyl groups excluding tert-OH is 1. The van der Waals surface area contributed by atoms with Crippen LogP contribution in [0.2, 0.25) is 0 Å². The molecule has 0 radical (unpaired) electrons. The normalized spacial score (nSPS) is 12.5. The Morgan fingerprint density at radius 1 is 1.69 bits per heavy atom. The number of carbonyl (C=O) groups is 1. The van der Waals surface area contributed by atoms with E-state index in [1.54, 1.807) is 16.8 Å². The van der Waals surface area contributed by atoms with Gasteiger partial charge in [-0.15, -0.1) is 0 Å². The molecule has 4 nitrogen and oxygen atoms in total. The van der Waals surface area contributed by atoms with Gasteiger partial charge >= 0.3 is 0 Å². The highest BCUT2D eigenvalue weighted by atomic mass is 79.9. The summed E-state index contributed by atoms with van der Waals surface area (Å²) in [4.78, 5) is 9.98. The van der Waals surface area contributed by atoms with Crippen molar-refractivity contribution in [1.82, 2.24) is 9.88 Å². The van der Waals surface area contributed by atoms with Gasteiger partial charge in [-0.25, -0.2) is 0 Å². The molecule has 0 aliphatic carbocycles. The van der Waals surface area contributed by atoms with Crippen LogP contribution < -0.4 is 5.32 Å². The van der Waals surface area contributed by atoms with E-state index in [9.17, 15) is 9.90 Å². The van der Waals surface area contributed by atoms with Crippen LogP contribution in [-0.4, -0.2) is 22.6 Å². The first kappa shape index (κ1) is 10.7. The molecule has 0 bridgehead atoms. The molecular formula is C7H8Br2N2O2. The lowest BCUT2D eigenvalue weighted by Crippen LogP contribution is -2.23. The summed E-state index contributed by atoms with van der Waals surface area (Å²) in [6.45, 7) is 0.184. The van der Waals surface area contributed by atoms with E-state index in [4.69, 9.17) is 0 Å². The number of aliphatic hydroxyl groups is 1. The highest BCUT2D eigenvalue weighted by molar-refractivity contribution is 9.13. The lowest BCUT2D eigenvalue weighted by molar-refractivity contribution is -0.110. The maximum Gasteiger partial charge on any atom is 0.207 e. The van der Waals surface area contributed by atoms with Crippen molar-refractivity contribution in [2.45, 2.75) is 6.23 Å². The molecule has 0 fully saturated rings. The van der Waals surface area contributed by atoms with E-state index in [1.807, 2.05) is 0 Å². The summed E-state index contributed by atoms with van der Waals surface area (Å²) in [6.07, 6.45) is 1.51. The van der Waals surface area contributed by atoms with Crippen molar-refractivity contribution >= 4 is 38.3 Å². The Morgan fingerprint density at radius 2 is 2.38 bits per heavy atom. The van der Waals surface area contributed by atoms with E-state index < -0.39 is 6.23 Å². The Labute approximate surface area is 92.2 Å². The summed E-state index contributed by atoms with van der Waals surface area (Å²) in [5, 5.41) is 11.9. The van der Waals surface area contributed by atoms with Crippen molar-refractivity contribution < 1.29 is 9.90 Å². The van der Waals surface area contributed by atoms with Crippen molar-refractivity contribution in [3.63, 3.8) is 0 Å². The van der Waals surface area contributed by atoms with Crippen molar-refractivity contribution in [3.8, 4) is 0 Å². The van der Waals surface area contributed by atoms with Crippen LogP contribution in [0.3, 0.4) is 0 Å². The van der Waals surface area contributed by atoms with E-state index in [0.29, 0.717) is 6.41 Å². The topological polar surface area (TPSA) is 54.3 Å². The minimum atomic E-state index is -0.758. The molecule has 0 aromatic carbocycles. The summed E-state index contributed by atoms with van der Waals surface area (Å²) in [6, 6.07) is 1.80. The molecule has 6 heteroatoms. The smallest absolute Gasteiger partial charge is 0.207 e. The molecule has 0 aliphatic heterocycles. The fourth-order valence-electron chi connectivity index (χ4n) is 0.885. The van der Waals surface area contributed by atoms with Crippen molar-refractivity contribution in [1.29, 1.82) is 0 Å². The molecule has 1 unspecified atom stereocenters. The van der Waals surface area contributed by atoms with Crippen LogP contribution in [0.1, 0.15) is 6.23 Å². The van der Waals surface area contributed by atoms with Gasteiger partial charge in [0.1, 0.15) is 10.8 Å². The third-order valence-corrected chi connectivity index (χ3v) is 3.52. The van der Waals surface area contributed by atoms with Gasteiger partial charge in [0.05, 0.1) is 6.54 Å². The Balaban J connectivity index is 2.70. The molecule has 1 amide bonds. The van der Waals surface area contributed by atoms with Crippen molar-refractivity contribution in [3.05, 3.63) is 21.3 Å². The third-order valence-electron chi connectivity index (χ3n) is 1.51. The van der Waals surface area contributed by atoms with Crippen LogP contribution in [0, 0.1) is 0 Å². The van der Waals surface area contributed by atoms with Gasteiger partial charge in [-0.05, 0) is 37.9 Å². The molecule has 0 saturated heterocycles. The van der Waals surface area contributed by atoms with Gasteiger partial charge in [-0.2, -0.15) is 0 Å². The lowest BCUT2D eigenvalue weighted by Gasteiger charge is -2.12. The first-order valence-electron chi connectivity index (χ1n) is 3.53. The molecule has 1 aromatic rings. The van der Waals surface area contributed by atoms with E-state index >= 15 is 0 Å². The molecule has 13 heavy (non-hydrogen) atoms. The average Bonchev–Trinajstić information content (AvgIpc) is 2.44. The van der Waals surface area contributed by atoms with Crippen molar-refractivity contribution in [2.24, 2.45) is 0 Å². The number of rotatable bonds is 4. The monoisotopic (exact) mass is 310 g/mol. The first-order valence-corrected chi connectivity index (χ1v) is 5.12. The second kappa shape index (κ2) is 4.78. The van der Waals surface area contributed by atoms with E-state index in [0.717, 1.165) is 9.08 Å². The number of nitrogens with one attached hydrogen (secondary N) is 1. The summed E-state index contributed by atoms with van der Waals surface area (Å²) in [5.74, 6) is 0. The van der Waals surface area contributed by atoms with Crippen LogP contribution in [0.25, 0.3) is 0 Å². The molecular weight excluding hydrogens is 304 g/mol. The highest BCUT2D eigenvalue weighted by Crippen LogP contribution is 2.25. The Morgan fingerprint density at radius 3 is 2.85 bits per heavy atom. The zero-order chi connectivity index (χ0) is 9.84. The highest BCUT2D eigenvalue weighted by Gasteiger charge is 2.10. The second-order valence-electron chi connectivity index (χ2n) is 2.37. The van der Waals surface area contributed by atoms with Gasteiger partial charge in [0.25, 0.3) is 0 Å². The maximum absolute atomic E-state index is 9.98. The van der Waals surface area contributed by atoms with Gasteiger partial charge in [0.15, 0.2) is 0 Å². The Bertz CT molecular complexity index is 301. The number of hydrogen-bond donors (Lipinski definition) is 2. The molecule has 0 spiro atoms. The van der Waals surface area contributed by atoms with E-state index in [-0.39, 0.29) is 6.54 Å². The molecule has 1 atom stereocenters. The summed E-state index contributed by atoms with van der Waals surface area (Å²) < 4.78 is 3.20. The summed E-state index contributed by atoms with van der Waals surface area (Å²) >= 11 is 6.57. The SMILES string of the molecule is O=CNCC(O)n1ccc(Br)c1Br. The van der Waals surface area contributed by atoms with Gasteiger partial charge < -0.3 is 15.0 Å². The maximum atomic E-state index is 9.98. The van der Waals surface area contributed by atoms with Crippen LogP contribution in [0.5, 0.6) is 0 Å². The standard InChI is InChI=1S/C7H8Br2N2O2/c8-5-1-2-11(7(5)9)6(13)3-10-4-12/h1-2,4,6,13H,3H2,(H,10,12). The average molecular weight is 312 g/mol. The number of nitrogens with zero attached hydrogens (tertiary/aromatic N) is 1. The lowest BCUT2D eigenvalue weighted by atomic mass is 10.5. The molecule has 0 saturated carbocycles. The number of carbonyl (C=O) groups excluding carboxylic acids is 1. The number of aromatic nitrogens is 1. The van der Waals surface area contributed by atoms with Crippen molar-refractivity contribution in [2.75, 3.05) is 6.54 Å². The predicted molar refractivity (Wildman–Crippen MR) is 55.2 cm³/mol. The molecule has 1 heterocycles. The number of amides is 1. The van der Waals surface area contributed by atoms with Crippen LogP contribution in [0.4, 0.5) is 0 Å². The van der Waals surface area contributed by atoms with Gasteiger partial charge in [0.2, 0.25) is 6.41 Å². The zero-order valence-corrected chi connectivity index (χ0v) is 9.75. The quantitative estimate of drug-likeness (QED) is 0.822. The number of hydrogen-bond acceptors (Lipinski definition) is 2. The van der Waals surface area contributed by atoms with E-state index in [2.05, 4.69) is 37.2 Å². The Hall–Kier alpha value is -0.330.